The van der Waals surface area contributed by atoms with Gasteiger partial charge < -0.3 is 10.1 Å². The zero-order chi connectivity index (χ0) is 13.5. The number of halogens is 1. The number of carbonyl (C=O) groups excluding carboxylic acids is 2. The molecule has 0 fully saturated rings. The Kier molecular flexibility index (Phi) is 5.65. The Labute approximate surface area is 111 Å². The molecular formula is C13H16ClNO3. The van der Waals surface area contributed by atoms with Gasteiger partial charge in [0.15, 0.2) is 0 Å². The molecule has 0 aromatic heterocycles. The summed E-state index contributed by atoms with van der Waals surface area (Å²) in [7, 11) is 1.58. The van der Waals surface area contributed by atoms with Crippen molar-refractivity contribution in [1.29, 1.82) is 0 Å². The Morgan fingerprint density at radius 2 is 2.11 bits per heavy atom. The summed E-state index contributed by atoms with van der Waals surface area (Å²) in [6.45, 7) is 1.84. The molecule has 5 heteroatoms. The Hall–Kier alpha value is -1.55. The van der Waals surface area contributed by atoms with E-state index in [2.05, 4.69) is 5.32 Å². The van der Waals surface area contributed by atoms with Gasteiger partial charge in [-0.15, -0.1) is 0 Å². The third-order valence-electron chi connectivity index (χ3n) is 2.37. The number of nitrogens with one attached hydrogen (secondary N) is 1. The Bertz CT molecular complexity index is 446. The lowest BCUT2D eigenvalue weighted by Crippen LogP contribution is -2.27. The van der Waals surface area contributed by atoms with Crippen LogP contribution in [-0.4, -0.2) is 25.3 Å². The minimum atomic E-state index is -0.261. The maximum atomic E-state index is 11.3. The SMILES string of the molecule is COc1ccc(Cl)cc1CCNC(=O)CC(C)=O. The second kappa shape index (κ2) is 7.01. The smallest absolute Gasteiger partial charge is 0.227 e. The molecule has 0 spiro atoms. The number of ether oxygens (including phenoxy) is 1. The molecule has 18 heavy (non-hydrogen) atoms. The molecule has 1 amide bonds. The fraction of sp³-hybridized carbons (Fsp3) is 0.385. The Morgan fingerprint density at radius 3 is 2.72 bits per heavy atom. The summed E-state index contributed by atoms with van der Waals surface area (Å²) < 4.78 is 5.20. The molecule has 0 bridgehead atoms. The van der Waals surface area contributed by atoms with Crippen molar-refractivity contribution in [3.05, 3.63) is 28.8 Å². The standard InChI is InChI=1S/C13H16ClNO3/c1-9(16)7-13(17)15-6-5-10-8-11(14)3-4-12(10)18-2/h3-4,8H,5-7H2,1-2H3,(H,15,17). The number of rotatable bonds is 6. The molecule has 98 valence electrons. The van der Waals surface area contributed by atoms with Crippen LogP contribution in [0.1, 0.15) is 18.9 Å². The van der Waals surface area contributed by atoms with Crippen molar-refractivity contribution < 1.29 is 14.3 Å². The first-order valence-corrected chi connectivity index (χ1v) is 5.99. The summed E-state index contributed by atoms with van der Waals surface area (Å²) >= 11 is 5.90. The Morgan fingerprint density at radius 1 is 1.39 bits per heavy atom. The van der Waals surface area contributed by atoms with Crippen LogP contribution in [0.3, 0.4) is 0 Å². The number of methoxy groups -OCH3 is 1. The minimum absolute atomic E-state index is 0.0767. The average Bonchev–Trinajstić information content (AvgIpc) is 2.28. The van der Waals surface area contributed by atoms with Gasteiger partial charge in [0, 0.05) is 11.6 Å². The second-order valence-corrected chi connectivity index (χ2v) is 4.37. The number of hydrogen-bond donors (Lipinski definition) is 1. The van der Waals surface area contributed by atoms with Crippen molar-refractivity contribution in [2.24, 2.45) is 0 Å². The van der Waals surface area contributed by atoms with E-state index in [0.717, 1.165) is 11.3 Å². The van der Waals surface area contributed by atoms with Crippen LogP contribution in [0.2, 0.25) is 5.02 Å². The van der Waals surface area contributed by atoms with E-state index in [9.17, 15) is 9.59 Å². The van der Waals surface area contributed by atoms with Gasteiger partial charge in [-0.2, -0.15) is 0 Å². The molecule has 1 aromatic rings. The first kappa shape index (κ1) is 14.5. The summed E-state index contributed by atoms with van der Waals surface area (Å²) in [4.78, 5) is 22.0. The largest absolute Gasteiger partial charge is 0.496 e. The molecule has 0 aliphatic carbocycles. The fourth-order valence-electron chi connectivity index (χ4n) is 1.57. The van der Waals surface area contributed by atoms with Crippen LogP contribution >= 0.6 is 11.6 Å². The van der Waals surface area contributed by atoms with Gasteiger partial charge in [-0.3, -0.25) is 9.59 Å². The van der Waals surface area contributed by atoms with Gasteiger partial charge in [0.2, 0.25) is 5.91 Å². The van der Waals surface area contributed by atoms with Crippen LogP contribution in [0.5, 0.6) is 5.75 Å². The predicted octanol–water partition coefficient (Wildman–Crippen LogP) is 1.99. The molecule has 0 saturated heterocycles. The van der Waals surface area contributed by atoms with Gasteiger partial charge in [-0.1, -0.05) is 11.6 Å². The highest BCUT2D eigenvalue weighted by molar-refractivity contribution is 6.30. The van der Waals surface area contributed by atoms with E-state index in [1.807, 2.05) is 0 Å². The molecular weight excluding hydrogens is 254 g/mol. The molecule has 1 aromatic carbocycles. The van der Waals surface area contributed by atoms with Gasteiger partial charge in [0.1, 0.15) is 11.5 Å². The third kappa shape index (κ3) is 4.75. The number of carbonyl (C=O) groups is 2. The van der Waals surface area contributed by atoms with E-state index in [1.54, 1.807) is 25.3 Å². The first-order valence-electron chi connectivity index (χ1n) is 5.61. The van der Waals surface area contributed by atoms with Crippen molar-refractivity contribution in [1.82, 2.24) is 5.32 Å². The van der Waals surface area contributed by atoms with Crippen LogP contribution in [0.15, 0.2) is 18.2 Å². The summed E-state index contributed by atoms with van der Waals surface area (Å²) in [6, 6.07) is 5.34. The fourth-order valence-corrected chi connectivity index (χ4v) is 1.76. The van der Waals surface area contributed by atoms with Gasteiger partial charge in [-0.25, -0.2) is 0 Å². The molecule has 0 radical (unpaired) electrons. The van der Waals surface area contributed by atoms with E-state index in [0.29, 0.717) is 18.0 Å². The maximum absolute atomic E-state index is 11.3. The molecule has 0 atom stereocenters. The number of Topliss-reactive ketones (excluding diaryl/α,β-unsaturated/α-hetero) is 1. The van der Waals surface area contributed by atoms with Crippen molar-refractivity contribution in [2.45, 2.75) is 19.8 Å². The quantitative estimate of drug-likeness (QED) is 0.804. The maximum Gasteiger partial charge on any atom is 0.227 e. The molecule has 0 unspecified atom stereocenters. The van der Waals surface area contributed by atoms with Crippen LogP contribution in [-0.2, 0) is 16.0 Å². The zero-order valence-corrected chi connectivity index (χ0v) is 11.2. The van der Waals surface area contributed by atoms with Crippen molar-refractivity contribution in [3.8, 4) is 5.75 Å². The monoisotopic (exact) mass is 269 g/mol. The van der Waals surface area contributed by atoms with Crippen molar-refractivity contribution >= 4 is 23.3 Å². The first-order chi connectivity index (χ1) is 8.52. The summed E-state index contributed by atoms with van der Waals surface area (Å²) in [5.74, 6) is 0.330. The van der Waals surface area contributed by atoms with Crippen LogP contribution in [0.25, 0.3) is 0 Å². The minimum Gasteiger partial charge on any atom is -0.496 e. The molecule has 0 aliphatic heterocycles. The highest BCUT2D eigenvalue weighted by Gasteiger charge is 2.06. The van der Waals surface area contributed by atoms with E-state index < -0.39 is 0 Å². The van der Waals surface area contributed by atoms with Crippen LogP contribution in [0.4, 0.5) is 0 Å². The van der Waals surface area contributed by atoms with E-state index >= 15 is 0 Å². The lowest BCUT2D eigenvalue weighted by atomic mass is 10.1. The highest BCUT2D eigenvalue weighted by atomic mass is 35.5. The van der Waals surface area contributed by atoms with Crippen molar-refractivity contribution in [2.75, 3.05) is 13.7 Å². The predicted molar refractivity (Wildman–Crippen MR) is 70.0 cm³/mol. The molecule has 0 heterocycles. The number of hydrogen-bond acceptors (Lipinski definition) is 3. The number of amides is 1. The molecule has 1 N–H and O–H groups in total. The molecule has 0 saturated carbocycles. The molecule has 4 nitrogen and oxygen atoms in total. The Balaban J connectivity index is 2.50. The lowest BCUT2D eigenvalue weighted by molar-refractivity contribution is -0.127. The molecule has 0 aliphatic rings. The normalized spacial score (nSPS) is 9.94. The second-order valence-electron chi connectivity index (χ2n) is 3.93. The topological polar surface area (TPSA) is 55.4 Å². The van der Waals surface area contributed by atoms with E-state index in [1.165, 1.54) is 6.92 Å². The van der Waals surface area contributed by atoms with Crippen LogP contribution in [0, 0.1) is 0 Å². The summed E-state index contributed by atoms with van der Waals surface area (Å²) in [6.07, 6.45) is 0.528. The summed E-state index contributed by atoms with van der Waals surface area (Å²) in [5.41, 5.74) is 0.924. The van der Waals surface area contributed by atoms with E-state index in [-0.39, 0.29) is 18.1 Å². The number of ketones is 1. The van der Waals surface area contributed by atoms with E-state index in [4.69, 9.17) is 16.3 Å². The van der Waals surface area contributed by atoms with Gasteiger partial charge in [0.25, 0.3) is 0 Å². The van der Waals surface area contributed by atoms with Gasteiger partial charge >= 0.3 is 0 Å². The van der Waals surface area contributed by atoms with Crippen molar-refractivity contribution in [3.63, 3.8) is 0 Å². The zero-order valence-electron chi connectivity index (χ0n) is 10.5. The number of benzene rings is 1. The lowest BCUT2D eigenvalue weighted by Gasteiger charge is -2.09. The highest BCUT2D eigenvalue weighted by Crippen LogP contribution is 2.22. The van der Waals surface area contributed by atoms with Gasteiger partial charge in [0.05, 0.1) is 13.5 Å². The molecule has 1 rings (SSSR count). The summed E-state index contributed by atoms with van der Waals surface area (Å²) in [5, 5.41) is 3.30. The van der Waals surface area contributed by atoms with Gasteiger partial charge in [-0.05, 0) is 37.1 Å². The average molecular weight is 270 g/mol. The third-order valence-corrected chi connectivity index (χ3v) is 2.60. The van der Waals surface area contributed by atoms with Crippen LogP contribution < -0.4 is 10.1 Å².